The number of nitrogen functional groups attached to an aromatic ring is 1. The molecule has 4 heteroatoms. The Morgan fingerprint density at radius 3 is 2.81 bits per heavy atom. The molecule has 0 aliphatic carbocycles. The average Bonchev–Trinajstić information content (AvgIpc) is 2.48. The zero-order valence-corrected chi connectivity index (χ0v) is 9.24. The van der Waals surface area contributed by atoms with Gasteiger partial charge in [0.1, 0.15) is 0 Å². The number of hydrogen-bond acceptors (Lipinski definition) is 4. The van der Waals surface area contributed by atoms with Crippen LogP contribution in [0.5, 0.6) is 0 Å². The lowest BCUT2D eigenvalue weighted by Gasteiger charge is -1.92. The Morgan fingerprint density at radius 2 is 1.88 bits per heavy atom. The summed E-state index contributed by atoms with van der Waals surface area (Å²) in [5.41, 5.74) is 5.64. The van der Waals surface area contributed by atoms with Gasteiger partial charge in [0, 0.05) is 16.6 Å². The third-order valence-corrected chi connectivity index (χ3v) is 3.22. The van der Waals surface area contributed by atoms with Gasteiger partial charge in [0.05, 0.1) is 5.35 Å². The Labute approximate surface area is 96.0 Å². The highest BCUT2D eigenvalue weighted by molar-refractivity contribution is 8.13. The number of benzene rings is 1. The highest BCUT2D eigenvalue weighted by atomic mass is 32.2. The Morgan fingerprint density at radius 1 is 1.06 bits per heavy atom. The molecule has 1 aromatic carbocycles. The summed E-state index contributed by atoms with van der Waals surface area (Å²) in [5, 5.41) is 8.33. The minimum atomic E-state index is 0.314. The summed E-state index contributed by atoms with van der Waals surface area (Å²) in [5.74, 6) is 0.314. The Balaban J connectivity index is 2.70. The van der Waals surface area contributed by atoms with Crippen molar-refractivity contribution in [3.8, 4) is 0 Å². The van der Waals surface area contributed by atoms with Crippen LogP contribution >= 0.6 is 11.8 Å². The third-order valence-electron chi connectivity index (χ3n) is 2.44. The first-order chi connectivity index (χ1) is 7.84. The first kappa shape index (κ1) is 9.42. The van der Waals surface area contributed by atoms with Crippen molar-refractivity contribution in [1.82, 2.24) is 9.97 Å². The molecule has 16 heavy (non-hydrogen) atoms. The van der Waals surface area contributed by atoms with Crippen molar-refractivity contribution in [3.05, 3.63) is 51.5 Å². The second kappa shape index (κ2) is 3.64. The molecule has 0 saturated carbocycles. The summed E-state index contributed by atoms with van der Waals surface area (Å²) in [6.07, 6.45) is 1.76. The van der Waals surface area contributed by atoms with Crippen LogP contribution < -0.4 is 16.2 Å². The van der Waals surface area contributed by atoms with Crippen LogP contribution in [-0.2, 0) is 0 Å². The van der Waals surface area contributed by atoms with Gasteiger partial charge < -0.3 is 5.73 Å². The van der Waals surface area contributed by atoms with Gasteiger partial charge in [0.15, 0.2) is 0 Å². The molecule has 0 fully saturated rings. The van der Waals surface area contributed by atoms with Crippen LogP contribution in [0.1, 0.15) is 0 Å². The molecule has 78 valence electrons. The van der Waals surface area contributed by atoms with Crippen molar-refractivity contribution in [2.75, 3.05) is 5.73 Å². The van der Waals surface area contributed by atoms with Crippen molar-refractivity contribution >= 4 is 28.5 Å². The molecule has 3 nitrogen and oxygen atoms in total. The second-order valence-corrected chi connectivity index (χ2v) is 4.23. The Hall–Kier alpha value is -1.81. The van der Waals surface area contributed by atoms with Crippen LogP contribution in [0.15, 0.2) is 30.5 Å². The first-order valence-electron chi connectivity index (χ1n) is 4.88. The number of anilines is 1. The first-order valence-corrected chi connectivity index (χ1v) is 5.83. The maximum absolute atomic E-state index is 5.64. The van der Waals surface area contributed by atoms with E-state index in [1.54, 1.807) is 18.0 Å². The molecule has 0 bridgehead atoms. The quantitative estimate of drug-likeness (QED) is 0.715. The summed E-state index contributed by atoms with van der Waals surface area (Å²) in [4.78, 5) is 8.33. The van der Waals surface area contributed by atoms with E-state index in [9.17, 15) is 0 Å². The maximum atomic E-state index is 5.64. The number of nitrogens with two attached hydrogens (primary N) is 1. The fourth-order valence-corrected chi connectivity index (χ4v) is 2.44. The van der Waals surface area contributed by atoms with E-state index in [2.05, 4.69) is 27.5 Å². The molecular weight excluding hydrogens is 218 g/mol. The predicted octanol–water partition coefficient (Wildman–Crippen LogP) is 0.569. The largest absolute Gasteiger partial charge is 0.368 e. The third kappa shape index (κ3) is 1.47. The van der Waals surface area contributed by atoms with E-state index in [-0.39, 0.29) is 0 Å². The topological polar surface area (TPSA) is 51.8 Å². The normalized spacial score (nSPS) is 12.8. The van der Waals surface area contributed by atoms with Crippen molar-refractivity contribution in [3.63, 3.8) is 0 Å². The van der Waals surface area contributed by atoms with E-state index >= 15 is 0 Å². The molecule has 1 aliphatic heterocycles. The average molecular weight is 227 g/mol. The molecule has 0 radical (unpaired) electrons. The van der Waals surface area contributed by atoms with E-state index in [4.69, 9.17) is 5.73 Å². The van der Waals surface area contributed by atoms with Gasteiger partial charge in [-0.05, 0) is 16.0 Å². The fourth-order valence-electron chi connectivity index (χ4n) is 1.70. The van der Waals surface area contributed by atoms with E-state index in [0.717, 1.165) is 15.8 Å². The molecule has 0 saturated heterocycles. The van der Waals surface area contributed by atoms with Gasteiger partial charge in [-0.3, -0.25) is 0 Å². The molecular formula is C12H9N3S. The number of fused-ring (bicyclic) bond motifs is 2. The van der Waals surface area contributed by atoms with Gasteiger partial charge in [-0.1, -0.05) is 24.3 Å². The fraction of sp³-hybridized carbons (Fsp3) is 0. The van der Waals surface area contributed by atoms with Gasteiger partial charge in [-0.15, -0.1) is 11.8 Å². The lowest BCUT2D eigenvalue weighted by molar-refractivity contribution is 1.11. The van der Waals surface area contributed by atoms with Crippen molar-refractivity contribution in [2.24, 2.45) is 0 Å². The number of nitrogens with zero attached hydrogens (tertiary/aromatic N) is 2. The molecule has 3 rings (SSSR count). The predicted molar refractivity (Wildman–Crippen MR) is 66.3 cm³/mol. The zero-order valence-electron chi connectivity index (χ0n) is 8.42. The maximum Gasteiger partial charge on any atom is 0.220 e. The summed E-state index contributed by atoms with van der Waals surface area (Å²) in [7, 11) is 0. The smallest absolute Gasteiger partial charge is 0.220 e. The molecule has 0 spiro atoms. The monoisotopic (exact) mass is 227 g/mol. The number of thioether (sulfide) groups is 1. The van der Waals surface area contributed by atoms with Crippen LogP contribution in [0, 0.1) is 10.6 Å². The Kier molecular flexibility index (Phi) is 2.15. The van der Waals surface area contributed by atoms with E-state index in [0.29, 0.717) is 5.95 Å². The van der Waals surface area contributed by atoms with Crippen molar-refractivity contribution in [2.45, 2.75) is 0 Å². The molecule has 2 N–H and O–H groups in total. The van der Waals surface area contributed by atoms with Gasteiger partial charge >= 0.3 is 0 Å². The van der Waals surface area contributed by atoms with E-state index in [1.165, 1.54) is 5.22 Å². The van der Waals surface area contributed by atoms with Gasteiger partial charge in [-0.2, -0.15) is 0 Å². The molecule has 1 aromatic heterocycles. The lowest BCUT2D eigenvalue weighted by Crippen LogP contribution is -2.12. The van der Waals surface area contributed by atoms with Crippen LogP contribution in [0.4, 0.5) is 5.95 Å². The Bertz CT molecular complexity index is 753. The van der Waals surface area contributed by atoms with Crippen LogP contribution in [0.2, 0.25) is 0 Å². The van der Waals surface area contributed by atoms with Gasteiger partial charge in [0.2, 0.25) is 5.95 Å². The standard InChI is InChI=1S/C12H9N3S/c13-12-14-5-9-7-16-6-8-3-1-2-4-10(8)11(9)15-12/h1-7H,(H2,13,15). The van der Waals surface area contributed by atoms with Crippen LogP contribution in [0.25, 0.3) is 10.8 Å². The van der Waals surface area contributed by atoms with E-state index in [1.807, 2.05) is 17.5 Å². The van der Waals surface area contributed by atoms with Crippen LogP contribution in [-0.4, -0.2) is 9.97 Å². The lowest BCUT2D eigenvalue weighted by atomic mass is 10.2. The highest BCUT2D eigenvalue weighted by Gasteiger charge is 1.97. The van der Waals surface area contributed by atoms with E-state index < -0.39 is 0 Å². The second-order valence-electron chi connectivity index (χ2n) is 3.49. The summed E-state index contributed by atoms with van der Waals surface area (Å²) in [6.45, 7) is 0. The molecule has 2 heterocycles. The number of rotatable bonds is 0. The zero-order chi connectivity index (χ0) is 11.0. The number of aromatic nitrogens is 2. The summed E-state index contributed by atoms with van der Waals surface area (Å²) >= 11 is 1.64. The molecule has 0 atom stereocenters. The van der Waals surface area contributed by atoms with Gasteiger partial charge in [-0.25, -0.2) is 9.97 Å². The molecule has 2 aromatic rings. The SMILES string of the molecule is Nc1ncc2c(n1)=c1ccccc1=CSC=2. The van der Waals surface area contributed by atoms with Gasteiger partial charge in [0.25, 0.3) is 0 Å². The highest BCUT2D eigenvalue weighted by Crippen LogP contribution is 2.05. The van der Waals surface area contributed by atoms with Crippen molar-refractivity contribution < 1.29 is 0 Å². The van der Waals surface area contributed by atoms with Crippen LogP contribution in [0.3, 0.4) is 0 Å². The minimum Gasteiger partial charge on any atom is -0.368 e. The number of hydrogen-bond donors (Lipinski definition) is 1. The summed E-state index contributed by atoms with van der Waals surface area (Å²) < 4.78 is 0. The molecule has 1 aliphatic rings. The molecule has 0 amide bonds. The summed E-state index contributed by atoms with van der Waals surface area (Å²) in [6, 6.07) is 8.15. The minimum absolute atomic E-state index is 0.314. The molecule has 0 unspecified atom stereocenters. The van der Waals surface area contributed by atoms with Crippen molar-refractivity contribution in [1.29, 1.82) is 0 Å².